The first kappa shape index (κ1) is 13.1. The maximum atomic E-state index is 9.84. The fourth-order valence-corrected chi connectivity index (χ4v) is 3.15. The van der Waals surface area contributed by atoms with Gasteiger partial charge in [0.25, 0.3) is 0 Å². The van der Waals surface area contributed by atoms with Gasteiger partial charge in [-0.3, -0.25) is 4.98 Å². The number of hydrogen-bond acceptors (Lipinski definition) is 4. The molecule has 0 spiro atoms. The van der Waals surface area contributed by atoms with Gasteiger partial charge < -0.3 is 15.1 Å². The summed E-state index contributed by atoms with van der Waals surface area (Å²) in [5.74, 6) is 0.630. The number of hydrogen-bond donors (Lipinski definition) is 3. The molecule has 5 nitrogen and oxygen atoms in total. The predicted octanol–water partition coefficient (Wildman–Crippen LogP) is 3.57. The number of aliphatic imine (C=N–C) groups is 1. The smallest absolute Gasteiger partial charge is 0.215 e. The van der Waals surface area contributed by atoms with Crippen LogP contribution >= 0.6 is 15.9 Å². The van der Waals surface area contributed by atoms with E-state index in [1.807, 2.05) is 24.8 Å². The van der Waals surface area contributed by atoms with Crippen molar-refractivity contribution in [1.29, 1.82) is 0 Å². The van der Waals surface area contributed by atoms with Crippen LogP contribution in [-0.4, -0.2) is 21.0 Å². The highest BCUT2D eigenvalue weighted by Gasteiger charge is 2.23. The Hall–Kier alpha value is -1.95. The molecule has 1 aromatic carbocycles. The number of H-pyrrole nitrogens is 1. The van der Waals surface area contributed by atoms with Gasteiger partial charge in [0.05, 0.1) is 12.2 Å². The minimum atomic E-state index is -0.0680. The van der Waals surface area contributed by atoms with E-state index in [-0.39, 0.29) is 11.8 Å². The van der Waals surface area contributed by atoms with Crippen LogP contribution in [0.4, 0.5) is 11.4 Å². The molecule has 3 N–H and O–H groups in total. The van der Waals surface area contributed by atoms with E-state index in [2.05, 4.69) is 32.0 Å². The topological polar surface area (TPSA) is 71.8 Å². The number of benzene rings is 1. The number of rotatable bonds is 1. The molecule has 1 aliphatic heterocycles. The van der Waals surface area contributed by atoms with Gasteiger partial charge in [-0.2, -0.15) is 0 Å². The molecular formula is C14H14BrN3O2. The summed E-state index contributed by atoms with van der Waals surface area (Å²) in [6, 6.07) is 5.60. The number of aromatic amines is 1. The van der Waals surface area contributed by atoms with Crippen molar-refractivity contribution < 1.29 is 10.2 Å². The molecule has 0 fully saturated rings. The zero-order chi connectivity index (χ0) is 14.4. The van der Waals surface area contributed by atoms with Crippen molar-refractivity contribution in [3.05, 3.63) is 33.8 Å². The van der Waals surface area contributed by atoms with Crippen molar-refractivity contribution in [2.24, 2.45) is 4.99 Å². The van der Waals surface area contributed by atoms with Gasteiger partial charge in [0.1, 0.15) is 11.5 Å². The Bertz CT molecular complexity index is 721. The first-order valence-corrected chi connectivity index (χ1v) is 6.98. The van der Waals surface area contributed by atoms with Crippen molar-refractivity contribution in [1.82, 2.24) is 4.98 Å². The number of aromatic hydroxyl groups is 2. The molecule has 0 bridgehead atoms. The van der Waals surface area contributed by atoms with E-state index < -0.39 is 0 Å². The Kier molecular flexibility index (Phi) is 2.97. The maximum absolute atomic E-state index is 9.84. The normalized spacial score (nSPS) is 14.2. The third-order valence-electron chi connectivity index (χ3n) is 3.33. The van der Waals surface area contributed by atoms with Gasteiger partial charge in [0.2, 0.25) is 5.88 Å². The zero-order valence-corrected chi connectivity index (χ0v) is 12.7. The fraction of sp³-hybridized carbons (Fsp3) is 0.214. The van der Waals surface area contributed by atoms with Gasteiger partial charge in [-0.05, 0) is 47.0 Å². The Labute approximate surface area is 124 Å². The van der Waals surface area contributed by atoms with E-state index >= 15 is 0 Å². The minimum absolute atomic E-state index is 0.0628. The summed E-state index contributed by atoms with van der Waals surface area (Å²) in [5.41, 5.74) is 3.66. The molecule has 0 radical (unpaired) electrons. The Balaban J connectivity index is 2.09. The summed E-state index contributed by atoms with van der Waals surface area (Å²) in [6.07, 6.45) is 0. The lowest BCUT2D eigenvalue weighted by Crippen LogP contribution is -2.30. The number of anilines is 1. The van der Waals surface area contributed by atoms with E-state index in [4.69, 9.17) is 0 Å². The van der Waals surface area contributed by atoms with Gasteiger partial charge in [0, 0.05) is 10.5 Å². The van der Waals surface area contributed by atoms with Gasteiger partial charge in [-0.15, -0.1) is 0 Å². The van der Waals surface area contributed by atoms with Crippen LogP contribution in [0.1, 0.15) is 18.1 Å². The number of fused-ring (bicyclic) bond motifs is 1. The Morgan fingerprint density at radius 1 is 1.25 bits per heavy atom. The summed E-state index contributed by atoms with van der Waals surface area (Å²) < 4.78 is 0.965. The van der Waals surface area contributed by atoms with Crippen LogP contribution in [0.3, 0.4) is 0 Å². The number of nitrogens with zero attached hydrogens (tertiary/aromatic N) is 2. The van der Waals surface area contributed by atoms with Crippen molar-refractivity contribution in [2.75, 3.05) is 4.90 Å². The highest BCUT2D eigenvalue weighted by Crippen LogP contribution is 2.39. The SMILES string of the molecule is CC1=Nc2c(Br)cc(C)cc2CN1c1cc(O)[nH]c1O. The molecule has 0 atom stereocenters. The van der Waals surface area contributed by atoms with E-state index in [1.54, 1.807) is 0 Å². The van der Waals surface area contributed by atoms with Crippen LogP contribution in [-0.2, 0) is 6.54 Å². The van der Waals surface area contributed by atoms with Crippen molar-refractivity contribution >= 4 is 33.1 Å². The second kappa shape index (κ2) is 4.56. The van der Waals surface area contributed by atoms with Crippen LogP contribution < -0.4 is 4.90 Å². The average molecular weight is 336 g/mol. The van der Waals surface area contributed by atoms with Crippen molar-refractivity contribution in [2.45, 2.75) is 20.4 Å². The third kappa shape index (κ3) is 2.06. The largest absolute Gasteiger partial charge is 0.494 e. The lowest BCUT2D eigenvalue weighted by molar-refractivity contribution is 0.425. The molecule has 104 valence electrons. The molecule has 1 aliphatic rings. The van der Waals surface area contributed by atoms with Crippen LogP contribution in [0, 0.1) is 6.92 Å². The van der Waals surface area contributed by atoms with E-state index in [9.17, 15) is 10.2 Å². The van der Waals surface area contributed by atoms with E-state index in [0.717, 1.165) is 27.1 Å². The summed E-state index contributed by atoms with van der Waals surface area (Å²) in [4.78, 5) is 8.92. The number of amidine groups is 1. The molecule has 1 aromatic heterocycles. The molecule has 2 heterocycles. The Morgan fingerprint density at radius 2 is 2.00 bits per heavy atom. The summed E-state index contributed by atoms with van der Waals surface area (Å²) in [6.45, 7) is 4.49. The summed E-state index contributed by atoms with van der Waals surface area (Å²) in [5, 5.41) is 19.3. The number of halogens is 1. The molecular weight excluding hydrogens is 322 g/mol. The van der Waals surface area contributed by atoms with Gasteiger partial charge in [-0.25, -0.2) is 4.99 Å². The summed E-state index contributed by atoms with van der Waals surface area (Å²) >= 11 is 3.53. The molecule has 6 heteroatoms. The van der Waals surface area contributed by atoms with E-state index in [0.29, 0.717) is 12.2 Å². The number of aromatic nitrogens is 1. The van der Waals surface area contributed by atoms with Crippen molar-refractivity contribution in [3.63, 3.8) is 0 Å². The van der Waals surface area contributed by atoms with Gasteiger partial charge >= 0.3 is 0 Å². The number of nitrogens with one attached hydrogen (secondary N) is 1. The lowest BCUT2D eigenvalue weighted by Gasteiger charge is -2.28. The highest BCUT2D eigenvalue weighted by atomic mass is 79.9. The second-order valence-electron chi connectivity index (χ2n) is 4.89. The molecule has 0 saturated heterocycles. The number of aryl methyl sites for hydroxylation is 1. The maximum Gasteiger partial charge on any atom is 0.215 e. The predicted molar refractivity (Wildman–Crippen MR) is 82.0 cm³/mol. The Morgan fingerprint density at radius 3 is 2.65 bits per heavy atom. The first-order valence-electron chi connectivity index (χ1n) is 6.18. The molecule has 2 aromatic rings. The van der Waals surface area contributed by atoms with E-state index in [1.165, 1.54) is 6.07 Å². The van der Waals surface area contributed by atoms with Gasteiger partial charge in [0.15, 0.2) is 5.88 Å². The molecule has 3 rings (SSSR count). The van der Waals surface area contributed by atoms with Crippen LogP contribution in [0.25, 0.3) is 0 Å². The summed E-state index contributed by atoms with van der Waals surface area (Å²) in [7, 11) is 0. The molecule has 20 heavy (non-hydrogen) atoms. The minimum Gasteiger partial charge on any atom is -0.494 e. The fourth-order valence-electron chi connectivity index (χ4n) is 2.44. The van der Waals surface area contributed by atoms with Crippen molar-refractivity contribution in [3.8, 4) is 11.8 Å². The zero-order valence-electron chi connectivity index (χ0n) is 11.1. The quantitative estimate of drug-likeness (QED) is 0.746. The van der Waals surface area contributed by atoms with Crippen LogP contribution in [0.15, 0.2) is 27.7 Å². The molecule has 0 amide bonds. The second-order valence-corrected chi connectivity index (χ2v) is 5.74. The lowest BCUT2D eigenvalue weighted by atomic mass is 10.1. The van der Waals surface area contributed by atoms with Crippen LogP contribution in [0.5, 0.6) is 11.8 Å². The standard InChI is InChI=1S/C14H14BrN3O2/c1-7-3-9-6-18(11-5-12(19)17-14(11)20)8(2)16-13(9)10(15)4-7/h3-5,17,19-20H,6H2,1-2H3. The van der Waals surface area contributed by atoms with Crippen LogP contribution in [0.2, 0.25) is 0 Å². The average Bonchev–Trinajstić information content (AvgIpc) is 2.69. The monoisotopic (exact) mass is 335 g/mol. The molecule has 0 unspecified atom stereocenters. The molecule has 0 aliphatic carbocycles. The van der Waals surface area contributed by atoms with Gasteiger partial charge in [-0.1, -0.05) is 6.07 Å². The molecule has 0 saturated carbocycles. The third-order valence-corrected chi connectivity index (χ3v) is 3.94. The first-order chi connectivity index (χ1) is 9.45. The highest BCUT2D eigenvalue weighted by molar-refractivity contribution is 9.10.